The molecule has 112 valence electrons. The number of carboxylic acids is 1. The summed E-state index contributed by atoms with van der Waals surface area (Å²) in [4.78, 5) is 34.6. The van der Waals surface area contributed by atoms with Crippen LogP contribution in [0, 0.1) is 5.92 Å². The minimum Gasteiger partial charge on any atom is -0.481 e. The lowest BCUT2D eigenvalue weighted by molar-refractivity contribution is -0.141. The Morgan fingerprint density at radius 1 is 1.14 bits per heavy atom. The largest absolute Gasteiger partial charge is 0.481 e. The van der Waals surface area contributed by atoms with Crippen LogP contribution in [0.1, 0.15) is 40.0 Å². The monoisotopic (exact) mass is 290 g/mol. The molecule has 1 aromatic carbocycles. The van der Waals surface area contributed by atoms with Crippen LogP contribution in [0.5, 0.6) is 0 Å². The summed E-state index contributed by atoms with van der Waals surface area (Å²) in [6.45, 7) is 0. The molecule has 0 heterocycles. The number of nitrogens with one attached hydrogen (secondary N) is 2. The summed E-state index contributed by atoms with van der Waals surface area (Å²) in [5.74, 6) is -1.73. The minimum absolute atomic E-state index is 0.123. The first-order valence-electron chi connectivity index (χ1n) is 6.87. The van der Waals surface area contributed by atoms with Gasteiger partial charge in [0.05, 0.1) is 5.92 Å². The fraction of sp³-hybridized carbons (Fsp3) is 0.400. The van der Waals surface area contributed by atoms with E-state index in [0.29, 0.717) is 30.4 Å². The number of amides is 2. The molecule has 0 aromatic heterocycles. The molecule has 0 aliphatic heterocycles. The quantitative estimate of drug-likeness (QED) is 0.771. The lowest BCUT2D eigenvalue weighted by Gasteiger charge is -2.13. The van der Waals surface area contributed by atoms with E-state index < -0.39 is 5.97 Å². The van der Waals surface area contributed by atoms with E-state index in [-0.39, 0.29) is 23.8 Å². The van der Waals surface area contributed by atoms with Crippen LogP contribution in [0.15, 0.2) is 24.3 Å². The maximum absolute atomic E-state index is 12.2. The molecule has 6 heteroatoms. The molecule has 2 atom stereocenters. The molecule has 1 aromatic rings. The molecule has 21 heavy (non-hydrogen) atoms. The van der Waals surface area contributed by atoms with E-state index in [1.807, 2.05) is 0 Å². The second kappa shape index (κ2) is 6.39. The number of hydrogen-bond acceptors (Lipinski definition) is 3. The van der Waals surface area contributed by atoms with E-state index in [9.17, 15) is 14.4 Å². The number of carbonyl (C=O) groups is 3. The van der Waals surface area contributed by atoms with E-state index >= 15 is 0 Å². The molecule has 1 aliphatic carbocycles. The molecular formula is C15H18N2O4. The molecule has 2 rings (SSSR count). The fourth-order valence-corrected chi connectivity index (χ4v) is 2.55. The van der Waals surface area contributed by atoms with Crippen LogP contribution >= 0.6 is 0 Å². The van der Waals surface area contributed by atoms with Gasteiger partial charge < -0.3 is 15.7 Å². The van der Waals surface area contributed by atoms with Gasteiger partial charge in [-0.1, -0.05) is 6.07 Å². The van der Waals surface area contributed by atoms with Gasteiger partial charge in [-0.25, -0.2) is 0 Å². The molecule has 6 nitrogen and oxygen atoms in total. The van der Waals surface area contributed by atoms with Gasteiger partial charge in [-0.2, -0.15) is 0 Å². The number of carboxylic acid groups (broad SMARTS) is 1. The first kappa shape index (κ1) is 15.0. The molecule has 1 aliphatic rings. The predicted molar refractivity (Wildman–Crippen MR) is 76.1 cm³/mol. The van der Waals surface area contributed by atoms with Gasteiger partial charge in [0.2, 0.25) is 0 Å². The van der Waals surface area contributed by atoms with Gasteiger partial charge in [-0.3, -0.25) is 14.4 Å². The normalized spacial score (nSPS) is 20.8. The third-order valence-corrected chi connectivity index (χ3v) is 3.73. The van der Waals surface area contributed by atoms with Crippen molar-refractivity contribution in [3.63, 3.8) is 0 Å². The van der Waals surface area contributed by atoms with Gasteiger partial charge in [-0.05, 0) is 37.5 Å². The number of aliphatic carboxylic acids is 1. The smallest absolute Gasteiger partial charge is 0.306 e. The highest BCUT2D eigenvalue weighted by molar-refractivity contribution is 5.99. The summed E-state index contributed by atoms with van der Waals surface area (Å²) in [6.07, 6.45) is 1.70. The van der Waals surface area contributed by atoms with Crippen molar-refractivity contribution in [2.24, 2.45) is 5.92 Å². The zero-order chi connectivity index (χ0) is 15.4. The Hall–Kier alpha value is -2.37. The average molecular weight is 290 g/mol. The fourth-order valence-electron chi connectivity index (χ4n) is 2.55. The van der Waals surface area contributed by atoms with Gasteiger partial charge in [0.1, 0.15) is 0 Å². The van der Waals surface area contributed by atoms with Crippen molar-refractivity contribution in [2.75, 3.05) is 7.05 Å². The number of benzene rings is 1. The second-order valence-electron chi connectivity index (χ2n) is 5.18. The maximum Gasteiger partial charge on any atom is 0.306 e. The van der Waals surface area contributed by atoms with Gasteiger partial charge >= 0.3 is 5.97 Å². The van der Waals surface area contributed by atoms with Crippen LogP contribution in [0.3, 0.4) is 0 Å². The van der Waals surface area contributed by atoms with Crippen LogP contribution in [-0.4, -0.2) is 36.0 Å². The number of hydrogen-bond donors (Lipinski definition) is 3. The van der Waals surface area contributed by atoms with Crippen molar-refractivity contribution in [1.82, 2.24) is 10.6 Å². The van der Waals surface area contributed by atoms with E-state index in [4.69, 9.17) is 5.11 Å². The number of carbonyl (C=O) groups excluding carboxylic acids is 2. The summed E-state index contributed by atoms with van der Waals surface area (Å²) in [7, 11) is 1.53. The summed E-state index contributed by atoms with van der Waals surface area (Å²) in [5, 5.41) is 14.3. The average Bonchev–Trinajstić information content (AvgIpc) is 2.95. The molecule has 0 unspecified atom stereocenters. The molecule has 0 bridgehead atoms. The first-order valence-corrected chi connectivity index (χ1v) is 6.87. The molecule has 2 amide bonds. The third-order valence-electron chi connectivity index (χ3n) is 3.73. The van der Waals surface area contributed by atoms with Gasteiger partial charge in [0.25, 0.3) is 11.8 Å². The molecule has 3 N–H and O–H groups in total. The molecule has 0 spiro atoms. The molecule has 0 saturated heterocycles. The van der Waals surface area contributed by atoms with E-state index in [2.05, 4.69) is 10.6 Å². The lowest BCUT2D eigenvalue weighted by Crippen LogP contribution is -2.33. The third kappa shape index (κ3) is 3.59. The van der Waals surface area contributed by atoms with Crippen molar-refractivity contribution in [2.45, 2.75) is 25.3 Å². The Labute approximate surface area is 122 Å². The van der Waals surface area contributed by atoms with Crippen LogP contribution in [0.25, 0.3) is 0 Å². The predicted octanol–water partition coefficient (Wildman–Crippen LogP) is 1.03. The minimum atomic E-state index is -0.812. The van der Waals surface area contributed by atoms with E-state index in [1.54, 1.807) is 18.2 Å². The van der Waals surface area contributed by atoms with Crippen molar-refractivity contribution in [1.29, 1.82) is 0 Å². The molecule has 0 radical (unpaired) electrons. The van der Waals surface area contributed by atoms with Crippen molar-refractivity contribution in [3.8, 4) is 0 Å². The Bertz CT molecular complexity index is 571. The van der Waals surface area contributed by atoms with Gasteiger partial charge in [-0.15, -0.1) is 0 Å². The zero-order valence-corrected chi connectivity index (χ0v) is 11.8. The van der Waals surface area contributed by atoms with Crippen molar-refractivity contribution in [3.05, 3.63) is 35.4 Å². The second-order valence-corrected chi connectivity index (χ2v) is 5.18. The van der Waals surface area contributed by atoms with Crippen molar-refractivity contribution >= 4 is 17.8 Å². The summed E-state index contributed by atoms with van der Waals surface area (Å²) < 4.78 is 0. The summed E-state index contributed by atoms with van der Waals surface area (Å²) in [6, 6.07) is 6.31. The number of rotatable bonds is 4. The Balaban J connectivity index is 2.01. The van der Waals surface area contributed by atoms with E-state index in [1.165, 1.54) is 13.1 Å². The van der Waals surface area contributed by atoms with Gasteiger partial charge in [0, 0.05) is 24.2 Å². The highest BCUT2D eigenvalue weighted by atomic mass is 16.4. The Kier molecular flexibility index (Phi) is 4.57. The highest BCUT2D eigenvalue weighted by Gasteiger charge is 2.30. The zero-order valence-electron chi connectivity index (χ0n) is 11.8. The standard InChI is InChI=1S/C15H18N2O4/c1-16-13(18)9-3-2-4-10(7-9)14(19)17-12-6-5-11(8-12)15(20)21/h2-4,7,11-12H,5-6,8H2,1H3,(H,16,18)(H,17,19)(H,20,21)/t11-,12+/m0/s1. The Morgan fingerprint density at radius 2 is 1.81 bits per heavy atom. The summed E-state index contributed by atoms with van der Waals surface area (Å²) in [5.41, 5.74) is 0.815. The maximum atomic E-state index is 12.2. The Morgan fingerprint density at radius 3 is 2.38 bits per heavy atom. The SMILES string of the molecule is CNC(=O)c1cccc(C(=O)N[C@@H]2CC[C@H](C(=O)O)C2)c1. The molecular weight excluding hydrogens is 272 g/mol. The van der Waals surface area contributed by atoms with Crippen LogP contribution in [0.4, 0.5) is 0 Å². The van der Waals surface area contributed by atoms with E-state index in [0.717, 1.165) is 0 Å². The van der Waals surface area contributed by atoms with Crippen LogP contribution < -0.4 is 10.6 Å². The van der Waals surface area contributed by atoms with Crippen LogP contribution in [-0.2, 0) is 4.79 Å². The summed E-state index contributed by atoms with van der Waals surface area (Å²) >= 11 is 0. The lowest BCUT2D eigenvalue weighted by atomic mass is 10.1. The molecule has 1 saturated carbocycles. The topological polar surface area (TPSA) is 95.5 Å². The first-order chi connectivity index (χ1) is 10.0. The highest BCUT2D eigenvalue weighted by Crippen LogP contribution is 2.25. The molecule has 1 fully saturated rings. The van der Waals surface area contributed by atoms with Gasteiger partial charge in [0.15, 0.2) is 0 Å². The van der Waals surface area contributed by atoms with Crippen LogP contribution in [0.2, 0.25) is 0 Å². The van der Waals surface area contributed by atoms with Crippen molar-refractivity contribution < 1.29 is 19.5 Å².